The van der Waals surface area contributed by atoms with Crippen LogP contribution in [0.3, 0.4) is 0 Å². The van der Waals surface area contributed by atoms with Gasteiger partial charge in [-0.15, -0.1) is 0 Å². The molecule has 0 heterocycles. The minimum Gasteiger partial charge on any atom is -0.0836 e. The molecule has 1 rings (SSSR count). The Bertz CT molecular complexity index is 294. The lowest BCUT2D eigenvalue weighted by Crippen LogP contribution is -2.26. The van der Waals surface area contributed by atoms with Crippen LogP contribution in [0, 0.1) is 23.2 Å². The molecule has 0 saturated carbocycles. The summed E-state index contributed by atoms with van der Waals surface area (Å²) in [6.07, 6.45) is 5.96. The normalized spacial score (nSPS) is 22.4. The predicted octanol–water partition coefficient (Wildman–Crippen LogP) is 5.22. The smallest absolute Gasteiger partial charge is 0.0134 e. The highest BCUT2D eigenvalue weighted by molar-refractivity contribution is 5.36. The molecule has 0 N–H and O–H groups in total. The van der Waals surface area contributed by atoms with E-state index in [4.69, 9.17) is 0 Å². The Morgan fingerprint density at radius 3 is 2.06 bits per heavy atom. The Labute approximate surface area is 102 Å². The van der Waals surface area contributed by atoms with Crippen LogP contribution >= 0.6 is 0 Å². The van der Waals surface area contributed by atoms with Crippen LogP contribution in [0.4, 0.5) is 0 Å². The summed E-state index contributed by atoms with van der Waals surface area (Å²) in [4.78, 5) is 0. The van der Waals surface area contributed by atoms with Gasteiger partial charge < -0.3 is 0 Å². The summed E-state index contributed by atoms with van der Waals surface area (Å²) in [5.74, 6) is 2.13. The second-order valence-electron chi connectivity index (χ2n) is 6.76. The van der Waals surface area contributed by atoms with E-state index >= 15 is 0 Å². The Morgan fingerprint density at radius 1 is 1.12 bits per heavy atom. The van der Waals surface area contributed by atoms with Gasteiger partial charge in [0.15, 0.2) is 0 Å². The van der Waals surface area contributed by atoms with Crippen molar-refractivity contribution in [2.24, 2.45) is 23.2 Å². The number of allylic oxidation sites excluding steroid dienone is 4. The standard InChI is InChI=1S/C16H28/c1-11(2)13-9-8-10-14(12(3)4)15(13)16(5,6)7/h8-9,11-12,14H,10H2,1-7H3/t14-/m0/s1. The van der Waals surface area contributed by atoms with Gasteiger partial charge in [-0.3, -0.25) is 0 Å². The second kappa shape index (κ2) is 4.77. The lowest BCUT2D eigenvalue weighted by Gasteiger charge is -2.38. The molecule has 0 spiro atoms. The topological polar surface area (TPSA) is 0 Å². The van der Waals surface area contributed by atoms with Gasteiger partial charge in [0.2, 0.25) is 0 Å². The summed E-state index contributed by atoms with van der Waals surface area (Å²) < 4.78 is 0. The molecule has 0 aromatic heterocycles. The summed E-state index contributed by atoms with van der Waals surface area (Å²) in [7, 11) is 0. The van der Waals surface area contributed by atoms with Crippen molar-refractivity contribution in [3.05, 3.63) is 23.3 Å². The first-order chi connectivity index (χ1) is 7.25. The molecule has 0 aromatic carbocycles. The van der Waals surface area contributed by atoms with Crippen molar-refractivity contribution in [1.82, 2.24) is 0 Å². The van der Waals surface area contributed by atoms with Gasteiger partial charge in [0.25, 0.3) is 0 Å². The third-order valence-corrected chi connectivity index (χ3v) is 3.60. The molecule has 0 saturated heterocycles. The number of hydrogen-bond acceptors (Lipinski definition) is 0. The predicted molar refractivity (Wildman–Crippen MR) is 73.4 cm³/mol. The summed E-state index contributed by atoms with van der Waals surface area (Å²) in [5.41, 5.74) is 3.58. The molecular weight excluding hydrogens is 192 g/mol. The molecule has 0 radical (unpaired) electrons. The average Bonchev–Trinajstić information content (AvgIpc) is 2.15. The first kappa shape index (κ1) is 13.5. The molecule has 0 amide bonds. The first-order valence-corrected chi connectivity index (χ1v) is 6.66. The molecule has 92 valence electrons. The van der Waals surface area contributed by atoms with Crippen molar-refractivity contribution in [3.8, 4) is 0 Å². The highest BCUT2D eigenvalue weighted by Gasteiger charge is 2.31. The lowest BCUT2D eigenvalue weighted by atomic mass is 9.67. The van der Waals surface area contributed by atoms with Gasteiger partial charge in [0.05, 0.1) is 0 Å². The molecule has 0 nitrogen and oxygen atoms in total. The Kier molecular flexibility index (Phi) is 4.04. The van der Waals surface area contributed by atoms with Crippen molar-refractivity contribution in [2.75, 3.05) is 0 Å². The Balaban J connectivity index is 3.25. The van der Waals surface area contributed by atoms with Crippen LogP contribution < -0.4 is 0 Å². The molecule has 16 heavy (non-hydrogen) atoms. The second-order valence-corrected chi connectivity index (χ2v) is 6.76. The maximum absolute atomic E-state index is 2.37. The van der Waals surface area contributed by atoms with Crippen LogP contribution in [0.2, 0.25) is 0 Å². The van der Waals surface area contributed by atoms with E-state index in [2.05, 4.69) is 60.6 Å². The summed E-state index contributed by atoms with van der Waals surface area (Å²) >= 11 is 0. The van der Waals surface area contributed by atoms with Gasteiger partial charge in [0, 0.05) is 0 Å². The molecule has 1 aliphatic rings. The molecule has 1 aliphatic carbocycles. The van der Waals surface area contributed by atoms with Crippen LogP contribution in [0.15, 0.2) is 23.3 Å². The molecular formula is C16H28. The number of hydrogen-bond donors (Lipinski definition) is 0. The molecule has 0 unspecified atom stereocenters. The summed E-state index contributed by atoms with van der Waals surface area (Å²) in [5, 5.41) is 0. The quantitative estimate of drug-likeness (QED) is 0.598. The van der Waals surface area contributed by atoms with Gasteiger partial charge in [-0.1, -0.05) is 66.2 Å². The largest absolute Gasteiger partial charge is 0.0836 e. The van der Waals surface area contributed by atoms with Crippen molar-refractivity contribution in [3.63, 3.8) is 0 Å². The highest BCUT2D eigenvalue weighted by Crippen LogP contribution is 2.43. The zero-order chi connectivity index (χ0) is 12.5. The summed E-state index contributed by atoms with van der Waals surface area (Å²) in [6, 6.07) is 0. The van der Waals surface area contributed by atoms with Crippen molar-refractivity contribution in [2.45, 2.75) is 54.9 Å². The lowest BCUT2D eigenvalue weighted by molar-refractivity contribution is 0.343. The molecule has 0 aliphatic heterocycles. The van der Waals surface area contributed by atoms with E-state index in [9.17, 15) is 0 Å². The minimum atomic E-state index is 0.305. The zero-order valence-corrected chi connectivity index (χ0v) is 12.1. The van der Waals surface area contributed by atoms with E-state index < -0.39 is 0 Å². The fourth-order valence-corrected chi connectivity index (χ4v) is 2.86. The maximum Gasteiger partial charge on any atom is -0.0134 e. The Hall–Kier alpha value is -0.520. The molecule has 1 atom stereocenters. The van der Waals surface area contributed by atoms with E-state index in [1.807, 2.05) is 0 Å². The van der Waals surface area contributed by atoms with E-state index in [-0.39, 0.29) is 0 Å². The van der Waals surface area contributed by atoms with Crippen molar-refractivity contribution >= 4 is 0 Å². The van der Waals surface area contributed by atoms with E-state index in [0.29, 0.717) is 11.3 Å². The molecule has 0 aromatic rings. The highest BCUT2D eigenvalue weighted by atomic mass is 14.4. The van der Waals surface area contributed by atoms with Crippen LogP contribution in [0.1, 0.15) is 54.9 Å². The van der Waals surface area contributed by atoms with Crippen molar-refractivity contribution < 1.29 is 0 Å². The van der Waals surface area contributed by atoms with E-state index in [1.165, 1.54) is 6.42 Å². The van der Waals surface area contributed by atoms with Crippen LogP contribution in [-0.4, -0.2) is 0 Å². The minimum absolute atomic E-state index is 0.305. The molecule has 0 heteroatoms. The fraction of sp³-hybridized carbons (Fsp3) is 0.750. The maximum atomic E-state index is 2.37. The van der Waals surface area contributed by atoms with Gasteiger partial charge in [-0.05, 0) is 35.2 Å². The third kappa shape index (κ3) is 2.78. The van der Waals surface area contributed by atoms with Gasteiger partial charge >= 0.3 is 0 Å². The van der Waals surface area contributed by atoms with Crippen LogP contribution in [0.25, 0.3) is 0 Å². The van der Waals surface area contributed by atoms with E-state index in [0.717, 1.165) is 11.8 Å². The van der Waals surface area contributed by atoms with Crippen LogP contribution in [-0.2, 0) is 0 Å². The fourth-order valence-electron chi connectivity index (χ4n) is 2.86. The molecule has 0 fully saturated rings. The summed E-state index contributed by atoms with van der Waals surface area (Å²) in [6.45, 7) is 16.4. The number of rotatable bonds is 2. The van der Waals surface area contributed by atoms with Gasteiger partial charge in [-0.2, -0.15) is 0 Å². The molecule has 0 bridgehead atoms. The monoisotopic (exact) mass is 220 g/mol. The third-order valence-electron chi connectivity index (χ3n) is 3.60. The van der Waals surface area contributed by atoms with Crippen LogP contribution in [0.5, 0.6) is 0 Å². The van der Waals surface area contributed by atoms with Crippen molar-refractivity contribution in [1.29, 1.82) is 0 Å². The Morgan fingerprint density at radius 2 is 1.69 bits per heavy atom. The van der Waals surface area contributed by atoms with E-state index in [1.54, 1.807) is 11.1 Å². The SMILES string of the molecule is CC(C)C1=C(C(C)(C)C)[C@H](C(C)C)CC=C1. The van der Waals surface area contributed by atoms with Gasteiger partial charge in [0.1, 0.15) is 0 Å². The first-order valence-electron chi connectivity index (χ1n) is 6.66. The zero-order valence-electron chi connectivity index (χ0n) is 12.1. The average molecular weight is 220 g/mol. The van der Waals surface area contributed by atoms with Gasteiger partial charge in [-0.25, -0.2) is 0 Å².